The fourth-order valence-electron chi connectivity index (χ4n) is 2.97. The summed E-state index contributed by atoms with van der Waals surface area (Å²) in [4.78, 5) is 16.3. The number of carbonyl (C=O) groups is 1. The van der Waals surface area contributed by atoms with Crippen molar-refractivity contribution in [3.05, 3.63) is 30.5 Å². The van der Waals surface area contributed by atoms with Gasteiger partial charge < -0.3 is 9.80 Å². The zero-order valence-electron chi connectivity index (χ0n) is 11.9. The Labute approximate surface area is 123 Å². The fraction of sp³-hybridized carbons (Fsp3) is 0.438. The molecule has 1 aliphatic heterocycles. The second kappa shape index (κ2) is 4.98. The molecule has 1 saturated heterocycles. The Bertz CT molecular complexity index is 670. The molecule has 1 aromatic heterocycles. The second-order valence-corrected chi connectivity index (χ2v) is 5.84. The molecule has 2 fully saturated rings. The second-order valence-electron chi connectivity index (χ2n) is 5.84. The van der Waals surface area contributed by atoms with Crippen LogP contribution in [0.15, 0.2) is 30.5 Å². The van der Waals surface area contributed by atoms with Gasteiger partial charge in [-0.2, -0.15) is 5.10 Å². The Morgan fingerprint density at radius 2 is 1.86 bits per heavy atom. The molecule has 2 aromatic rings. The minimum absolute atomic E-state index is 0.314. The number of rotatable bonds is 2. The standard InChI is InChI=1S/C16H18N4O/c21-16(12-5-6-12)20-9-7-19(8-10-20)15-14-4-2-1-3-13(14)11-17-18-15/h1-4,11-12H,5-10H2. The molecule has 0 bridgehead atoms. The molecule has 1 saturated carbocycles. The van der Waals surface area contributed by atoms with Crippen LogP contribution >= 0.6 is 0 Å². The molecule has 21 heavy (non-hydrogen) atoms. The normalized spacial score (nSPS) is 19.0. The van der Waals surface area contributed by atoms with E-state index in [0.717, 1.165) is 55.6 Å². The quantitative estimate of drug-likeness (QED) is 0.841. The summed E-state index contributed by atoms with van der Waals surface area (Å²) < 4.78 is 0. The first kappa shape index (κ1) is 12.6. The highest BCUT2D eigenvalue weighted by Crippen LogP contribution is 2.31. The van der Waals surface area contributed by atoms with Crippen molar-refractivity contribution in [2.75, 3.05) is 31.1 Å². The van der Waals surface area contributed by atoms with E-state index in [2.05, 4.69) is 27.2 Å². The molecule has 0 atom stereocenters. The van der Waals surface area contributed by atoms with E-state index in [9.17, 15) is 4.79 Å². The monoisotopic (exact) mass is 282 g/mol. The van der Waals surface area contributed by atoms with Gasteiger partial charge in [0.2, 0.25) is 5.91 Å². The van der Waals surface area contributed by atoms with Gasteiger partial charge in [0.05, 0.1) is 6.20 Å². The van der Waals surface area contributed by atoms with E-state index in [1.807, 2.05) is 17.0 Å². The van der Waals surface area contributed by atoms with Crippen LogP contribution in [0.5, 0.6) is 0 Å². The number of hydrogen-bond acceptors (Lipinski definition) is 4. The number of amides is 1. The van der Waals surface area contributed by atoms with E-state index in [4.69, 9.17) is 0 Å². The van der Waals surface area contributed by atoms with Gasteiger partial charge in [0, 0.05) is 42.9 Å². The molecule has 2 heterocycles. The van der Waals surface area contributed by atoms with Gasteiger partial charge in [-0.25, -0.2) is 0 Å². The number of hydrogen-bond donors (Lipinski definition) is 0. The molecular formula is C16H18N4O. The predicted octanol–water partition coefficient (Wildman–Crippen LogP) is 1.69. The van der Waals surface area contributed by atoms with Crippen molar-refractivity contribution in [3.8, 4) is 0 Å². The molecule has 0 radical (unpaired) electrons. The van der Waals surface area contributed by atoms with Crippen LogP contribution in [0.25, 0.3) is 10.8 Å². The number of fused-ring (bicyclic) bond motifs is 1. The molecule has 1 aliphatic carbocycles. The van der Waals surface area contributed by atoms with E-state index < -0.39 is 0 Å². The molecule has 0 N–H and O–H groups in total. The SMILES string of the molecule is O=C(C1CC1)N1CCN(c2nncc3ccccc23)CC1. The van der Waals surface area contributed by atoms with E-state index in [0.29, 0.717) is 11.8 Å². The number of anilines is 1. The minimum Gasteiger partial charge on any atom is -0.351 e. The molecule has 5 heteroatoms. The van der Waals surface area contributed by atoms with Crippen LogP contribution in [-0.2, 0) is 4.79 Å². The van der Waals surface area contributed by atoms with Gasteiger partial charge >= 0.3 is 0 Å². The van der Waals surface area contributed by atoms with Gasteiger partial charge in [-0.05, 0) is 12.8 Å². The van der Waals surface area contributed by atoms with E-state index >= 15 is 0 Å². The highest BCUT2D eigenvalue weighted by Gasteiger charge is 2.34. The number of carbonyl (C=O) groups excluding carboxylic acids is 1. The first-order valence-electron chi connectivity index (χ1n) is 7.57. The number of benzene rings is 1. The average molecular weight is 282 g/mol. The predicted molar refractivity (Wildman–Crippen MR) is 81.1 cm³/mol. The summed E-state index contributed by atoms with van der Waals surface area (Å²) in [5.41, 5.74) is 0. The number of nitrogens with zero attached hydrogens (tertiary/aromatic N) is 4. The Morgan fingerprint density at radius 3 is 2.62 bits per heavy atom. The van der Waals surface area contributed by atoms with Crippen molar-refractivity contribution in [2.45, 2.75) is 12.8 Å². The van der Waals surface area contributed by atoms with Crippen LogP contribution < -0.4 is 4.90 Å². The third-order valence-corrected chi connectivity index (χ3v) is 4.37. The summed E-state index contributed by atoms with van der Waals surface area (Å²) in [6.45, 7) is 3.25. The van der Waals surface area contributed by atoms with Crippen molar-refractivity contribution in [1.82, 2.24) is 15.1 Å². The summed E-state index contributed by atoms with van der Waals surface area (Å²) in [5.74, 6) is 1.60. The lowest BCUT2D eigenvalue weighted by molar-refractivity contribution is -0.132. The first-order chi connectivity index (χ1) is 10.3. The van der Waals surface area contributed by atoms with Crippen LogP contribution in [0, 0.1) is 5.92 Å². The lowest BCUT2D eigenvalue weighted by Gasteiger charge is -2.35. The van der Waals surface area contributed by atoms with Crippen LogP contribution in [-0.4, -0.2) is 47.2 Å². The van der Waals surface area contributed by atoms with Crippen molar-refractivity contribution >= 4 is 22.5 Å². The fourth-order valence-corrected chi connectivity index (χ4v) is 2.97. The van der Waals surface area contributed by atoms with Gasteiger partial charge in [0.15, 0.2) is 5.82 Å². The third kappa shape index (κ3) is 2.33. The van der Waals surface area contributed by atoms with E-state index in [1.54, 1.807) is 6.20 Å². The first-order valence-corrected chi connectivity index (χ1v) is 7.57. The largest absolute Gasteiger partial charge is 0.351 e. The van der Waals surface area contributed by atoms with E-state index in [-0.39, 0.29) is 0 Å². The Balaban J connectivity index is 1.53. The summed E-state index contributed by atoms with van der Waals surface area (Å²) in [7, 11) is 0. The smallest absolute Gasteiger partial charge is 0.225 e. The minimum atomic E-state index is 0.314. The van der Waals surface area contributed by atoms with Crippen LogP contribution in [0.1, 0.15) is 12.8 Å². The molecule has 1 amide bonds. The summed E-state index contributed by atoms with van der Waals surface area (Å²) in [5, 5.41) is 10.7. The molecule has 0 spiro atoms. The van der Waals surface area contributed by atoms with Crippen molar-refractivity contribution in [3.63, 3.8) is 0 Å². The van der Waals surface area contributed by atoms with Gasteiger partial charge in [0.25, 0.3) is 0 Å². The average Bonchev–Trinajstić information content (AvgIpc) is 3.39. The van der Waals surface area contributed by atoms with Gasteiger partial charge in [-0.15, -0.1) is 5.10 Å². The Morgan fingerprint density at radius 1 is 1.10 bits per heavy atom. The van der Waals surface area contributed by atoms with Crippen molar-refractivity contribution in [2.24, 2.45) is 5.92 Å². The number of aromatic nitrogens is 2. The molecule has 2 aliphatic rings. The van der Waals surface area contributed by atoms with Crippen LogP contribution in [0.3, 0.4) is 0 Å². The van der Waals surface area contributed by atoms with Crippen LogP contribution in [0.4, 0.5) is 5.82 Å². The van der Waals surface area contributed by atoms with Crippen molar-refractivity contribution in [1.29, 1.82) is 0 Å². The lowest BCUT2D eigenvalue weighted by atomic mass is 10.1. The Kier molecular flexibility index (Phi) is 2.98. The lowest BCUT2D eigenvalue weighted by Crippen LogP contribution is -2.49. The van der Waals surface area contributed by atoms with Crippen molar-refractivity contribution < 1.29 is 4.79 Å². The highest BCUT2D eigenvalue weighted by atomic mass is 16.2. The van der Waals surface area contributed by atoms with Crippen LogP contribution in [0.2, 0.25) is 0 Å². The topological polar surface area (TPSA) is 49.3 Å². The number of piperazine rings is 1. The zero-order valence-corrected chi connectivity index (χ0v) is 11.9. The third-order valence-electron chi connectivity index (χ3n) is 4.37. The van der Waals surface area contributed by atoms with Gasteiger partial charge in [0.1, 0.15) is 0 Å². The molecule has 108 valence electrons. The summed E-state index contributed by atoms with van der Waals surface area (Å²) in [6, 6.07) is 8.18. The van der Waals surface area contributed by atoms with Gasteiger partial charge in [-0.1, -0.05) is 24.3 Å². The maximum Gasteiger partial charge on any atom is 0.225 e. The molecule has 1 aromatic carbocycles. The maximum absolute atomic E-state index is 12.1. The summed E-state index contributed by atoms with van der Waals surface area (Å²) >= 11 is 0. The van der Waals surface area contributed by atoms with Gasteiger partial charge in [-0.3, -0.25) is 4.79 Å². The molecule has 5 nitrogen and oxygen atoms in total. The molecule has 4 rings (SSSR count). The molecule has 0 unspecified atom stereocenters. The maximum atomic E-state index is 12.1. The zero-order chi connectivity index (χ0) is 14.2. The Hall–Kier alpha value is -2.17. The van der Waals surface area contributed by atoms with E-state index in [1.165, 1.54) is 0 Å². The summed E-state index contributed by atoms with van der Waals surface area (Å²) in [6.07, 6.45) is 3.95. The highest BCUT2D eigenvalue weighted by molar-refractivity contribution is 5.91. The molecular weight excluding hydrogens is 264 g/mol.